The molecule has 1 aromatic carbocycles. The van der Waals surface area contributed by atoms with Gasteiger partial charge in [0, 0.05) is 12.7 Å². The molecule has 0 amide bonds. The molecule has 1 unspecified atom stereocenters. The zero-order valence-electron chi connectivity index (χ0n) is 14.0. The molecule has 0 N–H and O–H groups in total. The Balaban J connectivity index is 1.79. The Morgan fingerprint density at radius 1 is 1.32 bits per heavy atom. The fraction of sp³-hybridized carbons (Fsp3) is 0.412. The lowest BCUT2D eigenvalue weighted by molar-refractivity contribution is -0.146. The molecule has 0 radical (unpaired) electrons. The van der Waals surface area contributed by atoms with E-state index in [0.29, 0.717) is 25.9 Å². The van der Waals surface area contributed by atoms with Crippen LogP contribution < -0.4 is 0 Å². The Morgan fingerprint density at radius 2 is 2.08 bits per heavy atom. The molecular formula is C17H21N3O4S. The second-order valence-corrected chi connectivity index (χ2v) is 7.78. The summed E-state index contributed by atoms with van der Waals surface area (Å²) >= 11 is 0. The number of esters is 1. The number of rotatable bonds is 6. The Bertz CT molecular complexity index is 833. The Hall–Kier alpha value is -2.19. The maximum atomic E-state index is 12.9. The predicted octanol–water partition coefficient (Wildman–Crippen LogP) is 1.65. The summed E-state index contributed by atoms with van der Waals surface area (Å²) < 4.78 is 33.6. The molecule has 7 nitrogen and oxygen atoms in total. The molecule has 0 aliphatic carbocycles. The van der Waals surface area contributed by atoms with E-state index in [0.717, 1.165) is 5.56 Å². The standard InChI is InChI=1S/C17H21N3O4S/c1-2-24-17(21)16-9-6-10-20(16)25(22,23)15-11-18-19(13-15)12-14-7-4-3-5-8-14/h3-5,7-8,11,13,16H,2,6,9-10,12H2,1H3. The minimum atomic E-state index is -3.77. The highest BCUT2D eigenvalue weighted by atomic mass is 32.2. The maximum Gasteiger partial charge on any atom is 0.324 e. The van der Waals surface area contributed by atoms with Crippen LogP contribution >= 0.6 is 0 Å². The van der Waals surface area contributed by atoms with Crippen molar-refractivity contribution >= 4 is 16.0 Å². The average molecular weight is 363 g/mol. The van der Waals surface area contributed by atoms with Gasteiger partial charge in [-0.1, -0.05) is 30.3 Å². The van der Waals surface area contributed by atoms with E-state index in [1.807, 2.05) is 30.3 Å². The molecule has 1 atom stereocenters. The van der Waals surface area contributed by atoms with Crippen LogP contribution in [0.25, 0.3) is 0 Å². The summed E-state index contributed by atoms with van der Waals surface area (Å²) in [7, 11) is -3.77. The van der Waals surface area contributed by atoms with Crippen molar-refractivity contribution in [2.75, 3.05) is 13.2 Å². The van der Waals surface area contributed by atoms with E-state index in [4.69, 9.17) is 4.74 Å². The number of nitrogens with zero attached hydrogens (tertiary/aromatic N) is 3. The van der Waals surface area contributed by atoms with Crippen LogP contribution in [0, 0.1) is 0 Å². The highest BCUT2D eigenvalue weighted by molar-refractivity contribution is 7.89. The van der Waals surface area contributed by atoms with Crippen molar-refractivity contribution in [1.29, 1.82) is 0 Å². The van der Waals surface area contributed by atoms with Crippen LogP contribution in [0.4, 0.5) is 0 Å². The number of hydrogen-bond acceptors (Lipinski definition) is 5. The van der Waals surface area contributed by atoms with Crippen molar-refractivity contribution in [1.82, 2.24) is 14.1 Å². The third kappa shape index (κ3) is 3.74. The van der Waals surface area contributed by atoms with Crippen LogP contribution in [0.2, 0.25) is 0 Å². The Kier molecular flexibility index (Phi) is 5.19. The molecule has 3 rings (SSSR count). The summed E-state index contributed by atoms with van der Waals surface area (Å²) in [5, 5.41) is 4.15. The summed E-state index contributed by atoms with van der Waals surface area (Å²) in [5.74, 6) is -0.486. The number of carbonyl (C=O) groups is 1. The molecule has 134 valence electrons. The summed E-state index contributed by atoms with van der Waals surface area (Å²) in [5.41, 5.74) is 1.03. The van der Waals surface area contributed by atoms with Gasteiger partial charge in [-0.05, 0) is 25.3 Å². The monoisotopic (exact) mass is 363 g/mol. The van der Waals surface area contributed by atoms with Gasteiger partial charge in [-0.3, -0.25) is 9.48 Å². The largest absolute Gasteiger partial charge is 0.465 e. The van der Waals surface area contributed by atoms with E-state index >= 15 is 0 Å². The minimum absolute atomic E-state index is 0.0969. The van der Waals surface area contributed by atoms with Crippen molar-refractivity contribution in [3.8, 4) is 0 Å². The fourth-order valence-corrected chi connectivity index (χ4v) is 4.57. The molecule has 0 saturated carbocycles. The summed E-state index contributed by atoms with van der Waals surface area (Å²) in [6.45, 7) is 2.74. The van der Waals surface area contributed by atoms with Crippen LogP contribution in [0.15, 0.2) is 47.6 Å². The van der Waals surface area contributed by atoms with Gasteiger partial charge in [0.05, 0.1) is 19.3 Å². The zero-order chi connectivity index (χ0) is 17.9. The van der Waals surface area contributed by atoms with Gasteiger partial charge in [0.1, 0.15) is 10.9 Å². The molecule has 2 heterocycles. The maximum absolute atomic E-state index is 12.9. The first-order chi connectivity index (χ1) is 12.0. The molecule has 25 heavy (non-hydrogen) atoms. The van der Waals surface area contributed by atoms with E-state index < -0.39 is 22.0 Å². The Morgan fingerprint density at radius 3 is 2.80 bits per heavy atom. The number of hydrogen-bond donors (Lipinski definition) is 0. The number of carbonyl (C=O) groups excluding carboxylic acids is 1. The van der Waals surface area contributed by atoms with Gasteiger partial charge in [0.2, 0.25) is 10.0 Å². The molecule has 2 aromatic rings. The van der Waals surface area contributed by atoms with Crippen molar-refractivity contribution in [2.24, 2.45) is 0 Å². The lowest BCUT2D eigenvalue weighted by atomic mass is 10.2. The van der Waals surface area contributed by atoms with Gasteiger partial charge >= 0.3 is 5.97 Å². The van der Waals surface area contributed by atoms with E-state index in [2.05, 4.69) is 5.10 Å². The van der Waals surface area contributed by atoms with Crippen LogP contribution in [-0.4, -0.2) is 47.7 Å². The second-order valence-electron chi connectivity index (χ2n) is 5.89. The molecular weight excluding hydrogens is 342 g/mol. The molecule has 1 aliphatic heterocycles. The van der Waals surface area contributed by atoms with E-state index in [-0.39, 0.29) is 11.5 Å². The third-order valence-electron chi connectivity index (χ3n) is 4.17. The van der Waals surface area contributed by atoms with Crippen molar-refractivity contribution in [3.05, 3.63) is 48.3 Å². The van der Waals surface area contributed by atoms with Gasteiger partial charge < -0.3 is 4.74 Å². The summed E-state index contributed by atoms with van der Waals surface area (Å²) in [6.07, 6.45) is 3.96. The molecule has 1 aromatic heterocycles. The summed E-state index contributed by atoms with van der Waals surface area (Å²) in [6, 6.07) is 8.92. The lowest BCUT2D eigenvalue weighted by Gasteiger charge is -2.21. The average Bonchev–Trinajstić information content (AvgIpc) is 3.26. The lowest BCUT2D eigenvalue weighted by Crippen LogP contribution is -2.41. The second kappa shape index (κ2) is 7.37. The molecule has 8 heteroatoms. The Labute approximate surface area is 147 Å². The van der Waals surface area contributed by atoms with Crippen molar-refractivity contribution in [2.45, 2.75) is 37.2 Å². The van der Waals surface area contributed by atoms with E-state index in [1.54, 1.807) is 11.6 Å². The third-order valence-corrected chi connectivity index (χ3v) is 6.03. The van der Waals surface area contributed by atoms with Crippen molar-refractivity contribution in [3.63, 3.8) is 0 Å². The first-order valence-electron chi connectivity index (χ1n) is 8.27. The first kappa shape index (κ1) is 17.6. The van der Waals surface area contributed by atoms with Gasteiger partial charge in [-0.15, -0.1) is 0 Å². The smallest absolute Gasteiger partial charge is 0.324 e. The predicted molar refractivity (Wildman–Crippen MR) is 91.3 cm³/mol. The number of aromatic nitrogens is 2. The van der Waals surface area contributed by atoms with Crippen molar-refractivity contribution < 1.29 is 17.9 Å². The topological polar surface area (TPSA) is 81.5 Å². The number of ether oxygens (including phenoxy) is 1. The molecule has 1 aliphatic rings. The molecule has 1 saturated heterocycles. The first-order valence-corrected chi connectivity index (χ1v) is 9.71. The number of sulfonamides is 1. The number of benzene rings is 1. The van der Waals surface area contributed by atoms with Gasteiger partial charge in [0.25, 0.3) is 0 Å². The van der Waals surface area contributed by atoms with Crippen LogP contribution in [0.5, 0.6) is 0 Å². The highest BCUT2D eigenvalue weighted by Gasteiger charge is 2.40. The van der Waals surface area contributed by atoms with Crippen LogP contribution in [-0.2, 0) is 26.1 Å². The molecule has 1 fully saturated rings. The molecule has 0 spiro atoms. The minimum Gasteiger partial charge on any atom is -0.465 e. The normalized spacial score (nSPS) is 18.4. The van der Waals surface area contributed by atoms with Gasteiger partial charge in [-0.25, -0.2) is 8.42 Å². The van der Waals surface area contributed by atoms with E-state index in [1.165, 1.54) is 16.7 Å². The fourth-order valence-electron chi connectivity index (χ4n) is 2.97. The van der Waals surface area contributed by atoms with Crippen LogP contribution in [0.1, 0.15) is 25.3 Å². The van der Waals surface area contributed by atoms with Gasteiger partial charge in [0.15, 0.2) is 0 Å². The highest BCUT2D eigenvalue weighted by Crippen LogP contribution is 2.26. The van der Waals surface area contributed by atoms with E-state index in [9.17, 15) is 13.2 Å². The molecule has 0 bridgehead atoms. The quantitative estimate of drug-likeness (QED) is 0.729. The zero-order valence-corrected chi connectivity index (χ0v) is 14.9. The summed E-state index contributed by atoms with van der Waals surface area (Å²) in [4.78, 5) is 12.1. The SMILES string of the molecule is CCOC(=O)C1CCCN1S(=O)(=O)c1cnn(Cc2ccccc2)c1. The van der Waals surface area contributed by atoms with Gasteiger partial charge in [-0.2, -0.15) is 9.40 Å². The van der Waals surface area contributed by atoms with Crippen LogP contribution in [0.3, 0.4) is 0 Å².